The molecule has 0 spiro atoms. The first-order valence-electron chi connectivity index (χ1n) is 6.46. The SMILES string of the molecule is NNC(c1ccsc1)c1cccc(C2CCC2)c1. The highest BCUT2D eigenvalue weighted by Crippen LogP contribution is 2.37. The lowest BCUT2D eigenvalue weighted by atomic mass is 9.79. The lowest BCUT2D eigenvalue weighted by molar-refractivity contribution is 0.419. The minimum absolute atomic E-state index is 0.108. The summed E-state index contributed by atoms with van der Waals surface area (Å²) in [6.07, 6.45) is 4.04. The Morgan fingerprint density at radius 2 is 2.11 bits per heavy atom. The highest BCUT2D eigenvalue weighted by molar-refractivity contribution is 7.08. The fourth-order valence-corrected chi connectivity index (χ4v) is 3.24. The fraction of sp³-hybridized carbons (Fsp3) is 0.333. The number of thiophene rings is 1. The van der Waals surface area contributed by atoms with E-state index in [1.807, 2.05) is 0 Å². The summed E-state index contributed by atoms with van der Waals surface area (Å²) < 4.78 is 0. The average Bonchev–Trinajstić information content (AvgIpc) is 2.82. The van der Waals surface area contributed by atoms with Gasteiger partial charge in [0.05, 0.1) is 6.04 Å². The van der Waals surface area contributed by atoms with E-state index >= 15 is 0 Å². The van der Waals surface area contributed by atoms with Gasteiger partial charge in [0.15, 0.2) is 0 Å². The van der Waals surface area contributed by atoms with Crippen LogP contribution in [0.1, 0.15) is 47.9 Å². The number of hydrazine groups is 1. The molecule has 0 bridgehead atoms. The highest BCUT2D eigenvalue weighted by Gasteiger charge is 2.21. The Morgan fingerprint density at radius 1 is 1.22 bits per heavy atom. The minimum atomic E-state index is 0.108. The van der Waals surface area contributed by atoms with E-state index in [0.29, 0.717) is 0 Å². The smallest absolute Gasteiger partial charge is 0.0718 e. The molecule has 94 valence electrons. The van der Waals surface area contributed by atoms with Crippen LogP contribution in [0.25, 0.3) is 0 Å². The number of benzene rings is 1. The van der Waals surface area contributed by atoms with Crippen molar-refractivity contribution in [3.8, 4) is 0 Å². The Kier molecular flexibility index (Phi) is 3.46. The van der Waals surface area contributed by atoms with Crippen molar-refractivity contribution in [2.24, 2.45) is 5.84 Å². The Balaban J connectivity index is 1.90. The molecule has 1 unspecified atom stereocenters. The molecule has 1 atom stereocenters. The van der Waals surface area contributed by atoms with Gasteiger partial charge in [-0.1, -0.05) is 30.7 Å². The van der Waals surface area contributed by atoms with Crippen molar-refractivity contribution in [2.45, 2.75) is 31.2 Å². The normalized spacial score (nSPS) is 17.4. The molecule has 1 heterocycles. The second-order valence-corrected chi connectivity index (χ2v) is 5.73. The van der Waals surface area contributed by atoms with E-state index < -0.39 is 0 Å². The molecule has 1 aliphatic carbocycles. The lowest BCUT2D eigenvalue weighted by Gasteiger charge is -2.27. The summed E-state index contributed by atoms with van der Waals surface area (Å²) in [4.78, 5) is 0. The van der Waals surface area contributed by atoms with Gasteiger partial charge in [0.2, 0.25) is 0 Å². The summed E-state index contributed by atoms with van der Waals surface area (Å²) >= 11 is 1.71. The molecule has 0 aliphatic heterocycles. The van der Waals surface area contributed by atoms with Gasteiger partial charge in [-0.3, -0.25) is 5.84 Å². The summed E-state index contributed by atoms with van der Waals surface area (Å²) in [5.41, 5.74) is 6.90. The van der Waals surface area contributed by atoms with Gasteiger partial charge >= 0.3 is 0 Å². The van der Waals surface area contributed by atoms with E-state index in [2.05, 4.69) is 46.5 Å². The molecule has 3 heteroatoms. The van der Waals surface area contributed by atoms with Crippen molar-refractivity contribution in [1.82, 2.24) is 5.43 Å². The van der Waals surface area contributed by atoms with Gasteiger partial charge in [-0.2, -0.15) is 11.3 Å². The van der Waals surface area contributed by atoms with Crippen LogP contribution < -0.4 is 11.3 Å². The van der Waals surface area contributed by atoms with Crippen molar-refractivity contribution in [3.05, 3.63) is 57.8 Å². The first-order valence-corrected chi connectivity index (χ1v) is 7.41. The molecule has 1 aromatic carbocycles. The van der Waals surface area contributed by atoms with Gasteiger partial charge < -0.3 is 0 Å². The van der Waals surface area contributed by atoms with Crippen molar-refractivity contribution in [3.63, 3.8) is 0 Å². The highest BCUT2D eigenvalue weighted by atomic mass is 32.1. The monoisotopic (exact) mass is 258 g/mol. The predicted molar refractivity (Wildman–Crippen MR) is 76.5 cm³/mol. The Hall–Kier alpha value is -1.16. The quantitative estimate of drug-likeness (QED) is 0.650. The van der Waals surface area contributed by atoms with Gasteiger partial charge in [-0.05, 0) is 52.3 Å². The number of nitrogens with two attached hydrogens (primary N) is 1. The molecule has 2 nitrogen and oxygen atoms in total. The first kappa shape index (κ1) is 11.9. The number of hydrogen-bond acceptors (Lipinski definition) is 3. The third-order valence-electron chi connectivity index (χ3n) is 3.86. The average molecular weight is 258 g/mol. The zero-order valence-electron chi connectivity index (χ0n) is 10.3. The van der Waals surface area contributed by atoms with Crippen LogP contribution in [0.4, 0.5) is 0 Å². The van der Waals surface area contributed by atoms with Crippen LogP contribution in [0.5, 0.6) is 0 Å². The second kappa shape index (κ2) is 5.22. The maximum Gasteiger partial charge on any atom is 0.0718 e. The molecule has 2 aromatic rings. The molecule has 3 rings (SSSR count). The molecule has 1 aliphatic rings. The van der Waals surface area contributed by atoms with Crippen molar-refractivity contribution < 1.29 is 0 Å². The van der Waals surface area contributed by atoms with Gasteiger partial charge in [0.25, 0.3) is 0 Å². The molecule has 0 radical (unpaired) electrons. The van der Waals surface area contributed by atoms with Crippen LogP contribution >= 0.6 is 11.3 Å². The largest absolute Gasteiger partial charge is 0.271 e. The third kappa shape index (κ3) is 2.21. The lowest BCUT2D eigenvalue weighted by Crippen LogP contribution is -2.28. The van der Waals surface area contributed by atoms with E-state index in [1.54, 1.807) is 11.3 Å². The topological polar surface area (TPSA) is 38.0 Å². The molecular weight excluding hydrogens is 240 g/mol. The second-order valence-electron chi connectivity index (χ2n) is 4.95. The first-order chi connectivity index (χ1) is 8.88. The molecule has 0 saturated heterocycles. The Labute approximate surface area is 112 Å². The maximum absolute atomic E-state index is 5.72. The number of hydrogen-bond donors (Lipinski definition) is 2. The molecule has 3 N–H and O–H groups in total. The summed E-state index contributed by atoms with van der Waals surface area (Å²) in [7, 11) is 0. The standard InChI is InChI=1S/C15H18N2S/c16-17-15(14-7-8-18-10-14)13-6-2-5-12(9-13)11-3-1-4-11/h2,5-11,15,17H,1,3-4,16H2. The number of nitrogens with one attached hydrogen (secondary N) is 1. The van der Waals surface area contributed by atoms with Crippen molar-refractivity contribution >= 4 is 11.3 Å². The van der Waals surface area contributed by atoms with Crippen LogP contribution in [0.15, 0.2) is 41.1 Å². The summed E-state index contributed by atoms with van der Waals surface area (Å²) in [6, 6.07) is 11.1. The van der Waals surface area contributed by atoms with Crippen molar-refractivity contribution in [1.29, 1.82) is 0 Å². The third-order valence-corrected chi connectivity index (χ3v) is 4.57. The van der Waals surface area contributed by atoms with Crippen molar-refractivity contribution in [2.75, 3.05) is 0 Å². The van der Waals surface area contributed by atoms with Gasteiger partial charge in [0.1, 0.15) is 0 Å². The van der Waals surface area contributed by atoms with E-state index in [1.165, 1.54) is 36.0 Å². The molecule has 1 aromatic heterocycles. The Bertz CT molecular complexity index is 503. The van der Waals surface area contributed by atoms with E-state index in [0.717, 1.165) is 5.92 Å². The van der Waals surface area contributed by atoms with Gasteiger partial charge in [-0.15, -0.1) is 0 Å². The minimum Gasteiger partial charge on any atom is -0.271 e. The summed E-state index contributed by atoms with van der Waals surface area (Å²) in [5, 5.41) is 4.25. The zero-order chi connectivity index (χ0) is 12.4. The molecule has 18 heavy (non-hydrogen) atoms. The van der Waals surface area contributed by atoms with E-state index in [-0.39, 0.29) is 6.04 Å². The van der Waals surface area contributed by atoms with Crippen LogP contribution in [-0.2, 0) is 0 Å². The molecule has 1 saturated carbocycles. The fourth-order valence-electron chi connectivity index (χ4n) is 2.56. The molecule has 1 fully saturated rings. The van der Waals surface area contributed by atoms with Crippen LogP contribution in [0, 0.1) is 0 Å². The molecule has 0 amide bonds. The van der Waals surface area contributed by atoms with Crippen LogP contribution in [0.2, 0.25) is 0 Å². The van der Waals surface area contributed by atoms with Gasteiger partial charge in [0, 0.05) is 0 Å². The predicted octanol–water partition coefficient (Wildman–Crippen LogP) is 3.57. The molecular formula is C15H18N2S. The summed E-state index contributed by atoms with van der Waals surface area (Å²) in [5.74, 6) is 6.49. The van der Waals surface area contributed by atoms with E-state index in [4.69, 9.17) is 5.84 Å². The summed E-state index contributed by atoms with van der Waals surface area (Å²) in [6.45, 7) is 0. The van der Waals surface area contributed by atoms with E-state index in [9.17, 15) is 0 Å². The maximum atomic E-state index is 5.72. The number of rotatable bonds is 4. The van der Waals surface area contributed by atoms with Crippen LogP contribution in [-0.4, -0.2) is 0 Å². The van der Waals surface area contributed by atoms with Gasteiger partial charge in [-0.25, -0.2) is 5.43 Å². The van der Waals surface area contributed by atoms with Crippen LogP contribution in [0.3, 0.4) is 0 Å². The Morgan fingerprint density at radius 3 is 2.72 bits per heavy atom. The zero-order valence-corrected chi connectivity index (χ0v) is 11.1.